The van der Waals surface area contributed by atoms with Crippen LogP contribution in [-0.2, 0) is 5.41 Å². The summed E-state index contributed by atoms with van der Waals surface area (Å²) in [6, 6.07) is 65.9. The summed E-state index contributed by atoms with van der Waals surface area (Å²) < 4.78 is 0. The van der Waals surface area contributed by atoms with Crippen molar-refractivity contribution < 1.29 is 0 Å². The molecule has 0 bridgehead atoms. The van der Waals surface area contributed by atoms with Crippen LogP contribution in [-0.4, -0.2) is 18.0 Å². The van der Waals surface area contributed by atoms with Gasteiger partial charge in [0.25, 0.3) is 0 Å². The number of benzene rings is 7. The van der Waals surface area contributed by atoms with E-state index in [0.29, 0.717) is 0 Å². The second-order valence-electron chi connectivity index (χ2n) is 13.8. The molecule has 5 heteroatoms. The number of para-hydroxylation sites is 5. The Bertz CT molecular complexity index is 2340. The van der Waals surface area contributed by atoms with Crippen LogP contribution < -0.4 is 30.5 Å². The number of fused-ring (bicyclic) bond motifs is 14. The van der Waals surface area contributed by atoms with E-state index in [1.54, 1.807) is 6.33 Å². The number of nitrogens with zero attached hydrogens (tertiary/aromatic N) is 4. The Balaban J connectivity index is 1.31. The van der Waals surface area contributed by atoms with Gasteiger partial charge in [-0.05, 0) is 79.4 Å². The lowest BCUT2D eigenvalue weighted by atomic mass is 9.62. The lowest BCUT2D eigenvalue weighted by Crippen LogP contribution is -2.81. The zero-order valence-electron chi connectivity index (χ0n) is 28.3. The first-order valence-corrected chi connectivity index (χ1v) is 19.8. The molecule has 0 N–H and O–H groups in total. The molecule has 0 radical (unpaired) electrons. The third-order valence-corrected chi connectivity index (χ3v) is 16.4. The molecule has 0 saturated carbocycles. The zero-order valence-corrected chi connectivity index (χ0v) is 29.3. The van der Waals surface area contributed by atoms with Gasteiger partial charge in [-0.25, -0.2) is 9.97 Å². The number of anilines is 6. The van der Waals surface area contributed by atoms with E-state index in [1.807, 2.05) is 12.4 Å². The molecule has 0 saturated heterocycles. The van der Waals surface area contributed by atoms with E-state index in [9.17, 15) is 0 Å². The quantitative estimate of drug-likeness (QED) is 0.173. The molecule has 3 aliphatic rings. The van der Waals surface area contributed by atoms with Crippen molar-refractivity contribution in [2.45, 2.75) is 5.41 Å². The molecule has 3 aliphatic heterocycles. The molecular formula is C47H32N4Si. The van der Waals surface area contributed by atoms with Crippen LogP contribution >= 0.6 is 0 Å². The summed E-state index contributed by atoms with van der Waals surface area (Å²) in [5.41, 5.74) is 11.5. The van der Waals surface area contributed by atoms with Crippen LogP contribution in [0.3, 0.4) is 0 Å². The minimum absolute atomic E-state index is 0.578. The van der Waals surface area contributed by atoms with E-state index in [4.69, 9.17) is 0 Å². The fourth-order valence-electron chi connectivity index (χ4n) is 9.76. The second-order valence-corrected chi connectivity index (χ2v) is 17.4. The summed E-state index contributed by atoms with van der Waals surface area (Å²) in [6.07, 6.45) is 5.43. The third-order valence-electron chi connectivity index (χ3n) is 11.5. The van der Waals surface area contributed by atoms with E-state index in [-0.39, 0.29) is 0 Å². The van der Waals surface area contributed by atoms with Gasteiger partial charge in [0.15, 0.2) is 8.07 Å². The lowest BCUT2D eigenvalue weighted by Gasteiger charge is -2.55. The Kier molecular flexibility index (Phi) is 6.16. The van der Waals surface area contributed by atoms with Crippen molar-refractivity contribution >= 4 is 62.9 Å². The molecule has 0 amide bonds. The van der Waals surface area contributed by atoms with E-state index in [0.717, 1.165) is 17.1 Å². The maximum Gasteiger partial charge on any atom is 0.184 e. The molecule has 2 spiro atoms. The van der Waals surface area contributed by atoms with Gasteiger partial charge in [-0.1, -0.05) is 140 Å². The smallest absolute Gasteiger partial charge is 0.184 e. The highest BCUT2D eigenvalue weighted by atomic mass is 28.3. The van der Waals surface area contributed by atoms with Gasteiger partial charge in [0.05, 0.1) is 34.9 Å². The summed E-state index contributed by atoms with van der Waals surface area (Å²) >= 11 is 0. The monoisotopic (exact) mass is 680 g/mol. The zero-order chi connectivity index (χ0) is 34.3. The van der Waals surface area contributed by atoms with Crippen LogP contribution in [0.15, 0.2) is 195 Å². The average molecular weight is 681 g/mol. The Hall–Kier alpha value is -6.56. The first-order valence-electron chi connectivity index (χ1n) is 17.8. The number of rotatable bonds is 2. The van der Waals surface area contributed by atoms with Crippen molar-refractivity contribution in [2.24, 2.45) is 0 Å². The lowest BCUT2D eigenvalue weighted by molar-refractivity contribution is 0.735. The molecule has 0 atom stereocenters. The van der Waals surface area contributed by atoms with Crippen molar-refractivity contribution in [3.8, 4) is 0 Å². The minimum Gasteiger partial charge on any atom is -0.311 e. The van der Waals surface area contributed by atoms with Crippen LogP contribution in [0.4, 0.5) is 34.1 Å². The van der Waals surface area contributed by atoms with Crippen molar-refractivity contribution in [3.05, 3.63) is 217 Å². The van der Waals surface area contributed by atoms with Gasteiger partial charge in [0.2, 0.25) is 0 Å². The van der Waals surface area contributed by atoms with E-state index in [2.05, 4.69) is 196 Å². The maximum atomic E-state index is 4.46. The molecular weight excluding hydrogens is 649 g/mol. The fourth-order valence-corrected chi connectivity index (χ4v) is 15.4. The normalized spacial score (nSPS) is 15.2. The predicted octanol–water partition coefficient (Wildman–Crippen LogP) is 8.12. The van der Waals surface area contributed by atoms with Crippen molar-refractivity contribution in [2.75, 3.05) is 9.80 Å². The molecule has 11 rings (SSSR count). The van der Waals surface area contributed by atoms with E-state index >= 15 is 0 Å². The maximum absolute atomic E-state index is 4.46. The van der Waals surface area contributed by atoms with E-state index < -0.39 is 13.5 Å². The van der Waals surface area contributed by atoms with Gasteiger partial charge in [0, 0.05) is 17.1 Å². The fraction of sp³-hybridized carbons (Fsp3) is 0.0213. The van der Waals surface area contributed by atoms with Crippen LogP contribution in [0.25, 0.3) is 0 Å². The molecule has 1 aromatic heterocycles. The van der Waals surface area contributed by atoms with Crippen molar-refractivity contribution in [1.82, 2.24) is 9.97 Å². The van der Waals surface area contributed by atoms with Crippen molar-refractivity contribution in [3.63, 3.8) is 0 Å². The van der Waals surface area contributed by atoms with Gasteiger partial charge < -0.3 is 9.80 Å². The molecule has 8 aromatic rings. The van der Waals surface area contributed by atoms with Gasteiger partial charge in [-0.3, -0.25) is 0 Å². The first kappa shape index (κ1) is 29.2. The number of hydrogen-bond donors (Lipinski definition) is 0. The highest BCUT2D eigenvalue weighted by Gasteiger charge is 2.60. The summed E-state index contributed by atoms with van der Waals surface area (Å²) in [5.74, 6) is 0. The molecule has 0 unspecified atom stereocenters. The highest BCUT2D eigenvalue weighted by molar-refractivity contribution is 7.22. The summed E-state index contributed by atoms with van der Waals surface area (Å²) in [4.78, 5) is 13.7. The Labute approximate surface area is 304 Å². The molecule has 7 aromatic carbocycles. The Morgan fingerprint density at radius 3 is 1.25 bits per heavy atom. The largest absolute Gasteiger partial charge is 0.311 e. The molecule has 4 nitrogen and oxygen atoms in total. The number of aromatic nitrogens is 2. The molecule has 0 aliphatic carbocycles. The SMILES string of the molecule is c1ccc(N2c3ccccc3[Si]3(c4ccccc42)c2ccccc2C2(c4ccccc4N(c4cncnc4)c4ccccc42)c2ccccc23)cc1. The van der Waals surface area contributed by atoms with Crippen LogP contribution in [0.1, 0.15) is 22.3 Å². The van der Waals surface area contributed by atoms with Crippen LogP contribution in [0, 0.1) is 0 Å². The van der Waals surface area contributed by atoms with Crippen molar-refractivity contribution in [1.29, 1.82) is 0 Å². The Morgan fingerprint density at radius 2 is 0.731 bits per heavy atom. The standard InChI is InChI=1S/C47H32N4Si/c1-2-16-33(17-3-1)50-41-24-10-14-28-45(41)52(46-29-15-11-25-42(46)50)43-26-12-6-20-37(43)47(38-21-7-13-27-44(38)52)35-18-4-8-22-39(35)51(34-30-48-32-49-31-34)40-23-9-5-19-36(40)47/h1-32H. The topological polar surface area (TPSA) is 32.3 Å². The average Bonchev–Trinajstić information content (AvgIpc) is 3.23. The first-order chi connectivity index (χ1) is 25.8. The van der Waals surface area contributed by atoms with Gasteiger partial charge in [0.1, 0.15) is 6.33 Å². The summed E-state index contributed by atoms with van der Waals surface area (Å²) in [5, 5.41) is 5.69. The molecule has 52 heavy (non-hydrogen) atoms. The summed E-state index contributed by atoms with van der Waals surface area (Å²) in [6.45, 7) is 0. The Morgan fingerprint density at radius 1 is 0.346 bits per heavy atom. The molecule has 4 heterocycles. The van der Waals surface area contributed by atoms with E-state index in [1.165, 1.54) is 60.1 Å². The predicted molar refractivity (Wildman–Crippen MR) is 214 cm³/mol. The molecule has 244 valence electrons. The summed E-state index contributed by atoms with van der Waals surface area (Å²) in [7, 11) is -2.94. The molecule has 0 fully saturated rings. The third kappa shape index (κ3) is 3.60. The second kappa shape index (κ2) is 11.0. The van der Waals surface area contributed by atoms with Gasteiger partial charge in [-0.2, -0.15) is 0 Å². The van der Waals surface area contributed by atoms with Crippen LogP contribution in [0.5, 0.6) is 0 Å². The number of hydrogen-bond acceptors (Lipinski definition) is 4. The van der Waals surface area contributed by atoms with Gasteiger partial charge in [-0.15, -0.1) is 0 Å². The van der Waals surface area contributed by atoms with Crippen LogP contribution in [0.2, 0.25) is 0 Å². The minimum atomic E-state index is -2.94. The highest BCUT2D eigenvalue weighted by Crippen LogP contribution is 2.58. The van der Waals surface area contributed by atoms with Gasteiger partial charge >= 0.3 is 0 Å².